The number of hydrogen-bond acceptors (Lipinski definition) is 3. The van der Waals surface area contributed by atoms with E-state index in [2.05, 4.69) is 26.2 Å². The van der Waals surface area contributed by atoms with Crippen LogP contribution in [0.15, 0.2) is 27.2 Å². The molecule has 4 nitrogen and oxygen atoms in total. The lowest BCUT2D eigenvalue weighted by Gasteiger charge is -2.07. The fourth-order valence-electron chi connectivity index (χ4n) is 1.50. The summed E-state index contributed by atoms with van der Waals surface area (Å²) in [4.78, 5) is 15.1. The van der Waals surface area contributed by atoms with Gasteiger partial charge in [0.2, 0.25) is 5.91 Å². The molecule has 1 amide bonds. The van der Waals surface area contributed by atoms with Crippen LogP contribution in [-0.4, -0.2) is 10.9 Å². The van der Waals surface area contributed by atoms with E-state index in [0.29, 0.717) is 11.3 Å². The molecule has 0 aliphatic heterocycles. The van der Waals surface area contributed by atoms with E-state index in [1.54, 1.807) is 6.20 Å². The Morgan fingerprint density at radius 2 is 2.31 bits per heavy atom. The molecule has 0 radical (unpaired) electrons. The van der Waals surface area contributed by atoms with Crippen LogP contribution >= 0.6 is 15.9 Å². The van der Waals surface area contributed by atoms with Gasteiger partial charge in [-0.1, -0.05) is 0 Å². The van der Waals surface area contributed by atoms with E-state index < -0.39 is 0 Å². The molecular weight excluding hydrogens is 272 g/mol. The molecule has 0 aromatic carbocycles. The fourth-order valence-corrected chi connectivity index (χ4v) is 1.81. The summed E-state index contributed by atoms with van der Waals surface area (Å²) in [5.74, 6) is 0.623. The van der Waals surface area contributed by atoms with Gasteiger partial charge in [0.1, 0.15) is 11.3 Å². The Labute approximate surface area is 101 Å². The molecule has 2 aromatic heterocycles. The molecule has 1 atom stereocenters. The summed E-state index contributed by atoms with van der Waals surface area (Å²) in [7, 11) is 0. The lowest BCUT2D eigenvalue weighted by atomic mass is 10.2. The molecule has 2 aromatic rings. The molecule has 0 spiro atoms. The number of aromatic nitrogens is 1. The van der Waals surface area contributed by atoms with Gasteiger partial charge in [-0.05, 0) is 28.9 Å². The lowest BCUT2D eigenvalue weighted by Crippen LogP contribution is -2.23. The minimum atomic E-state index is -0.148. The number of amides is 1. The molecular formula is C11H11BrN2O2. The van der Waals surface area contributed by atoms with Crippen LogP contribution in [0.1, 0.15) is 25.6 Å². The summed E-state index contributed by atoms with van der Waals surface area (Å²) in [6.07, 6.45) is 1.71. The molecule has 0 saturated carbocycles. The lowest BCUT2D eigenvalue weighted by molar-refractivity contribution is -0.119. The summed E-state index contributed by atoms with van der Waals surface area (Å²) in [5, 5.41) is 2.76. The van der Waals surface area contributed by atoms with Crippen LogP contribution in [-0.2, 0) is 4.79 Å². The third-order valence-corrected chi connectivity index (χ3v) is 2.64. The minimum Gasteiger partial charge on any atom is -0.457 e. The van der Waals surface area contributed by atoms with E-state index >= 15 is 0 Å². The minimum absolute atomic E-state index is 0.0814. The van der Waals surface area contributed by atoms with Crippen molar-refractivity contribution in [2.45, 2.75) is 19.9 Å². The Hall–Kier alpha value is -1.36. The van der Waals surface area contributed by atoms with E-state index in [0.717, 1.165) is 9.99 Å². The van der Waals surface area contributed by atoms with Crippen LogP contribution in [0.4, 0.5) is 0 Å². The Kier molecular flexibility index (Phi) is 2.96. The van der Waals surface area contributed by atoms with E-state index in [1.807, 2.05) is 19.1 Å². The highest BCUT2D eigenvalue weighted by molar-refractivity contribution is 9.10. The topological polar surface area (TPSA) is 55.1 Å². The molecule has 16 heavy (non-hydrogen) atoms. The van der Waals surface area contributed by atoms with Gasteiger partial charge in [-0.2, -0.15) is 0 Å². The maximum Gasteiger partial charge on any atom is 0.217 e. The zero-order valence-electron chi connectivity index (χ0n) is 8.95. The highest BCUT2D eigenvalue weighted by Gasteiger charge is 2.12. The Morgan fingerprint density at radius 3 is 3.00 bits per heavy atom. The summed E-state index contributed by atoms with van der Waals surface area (Å²) in [6.45, 7) is 3.35. The Balaban J connectivity index is 2.35. The standard InChI is InChI=1S/C11H11BrN2O2/c1-6(14-7(2)15)10-4-9-11(16-10)3-8(12)5-13-9/h3-6H,1-2H3,(H,14,15)/t6-/m0/s1. The van der Waals surface area contributed by atoms with Crippen LogP contribution in [0, 0.1) is 0 Å². The number of rotatable bonds is 2. The molecule has 2 rings (SSSR count). The van der Waals surface area contributed by atoms with Crippen LogP contribution in [0.3, 0.4) is 0 Å². The highest BCUT2D eigenvalue weighted by atomic mass is 79.9. The van der Waals surface area contributed by atoms with Crippen molar-refractivity contribution >= 4 is 32.9 Å². The van der Waals surface area contributed by atoms with Crippen LogP contribution in [0.2, 0.25) is 0 Å². The average molecular weight is 283 g/mol. The van der Waals surface area contributed by atoms with Crippen LogP contribution in [0.5, 0.6) is 0 Å². The molecule has 2 heterocycles. The van der Waals surface area contributed by atoms with Crippen molar-refractivity contribution in [3.63, 3.8) is 0 Å². The second-order valence-electron chi connectivity index (χ2n) is 3.61. The van der Waals surface area contributed by atoms with E-state index in [1.165, 1.54) is 6.92 Å². The molecule has 1 N–H and O–H groups in total. The van der Waals surface area contributed by atoms with Crippen molar-refractivity contribution in [2.75, 3.05) is 0 Å². The summed E-state index contributed by atoms with van der Waals surface area (Å²) in [5.41, 5.74) is 1.50. The quantitative estimate of drug-likeness (QED) is 0.922. The molecule has 0 unspecified atom stereocenters. The van der Waals surface area contributed by atoms with Gasteiger partial charge in [0.15, 0.2) is 5.58 Å². The number of furan rings is 1. The van der Waals surface area contributed by atoms with Gasteiger partial charge in [0, 0.05) is 23.7 Å². The zero-order valence-corrected chi connectivity index (χ0v) is 10.5. The van der Waals surface area contributed by atoms with E-state index in [9.17, 15) is 4.79 Å². The van der Waals surface area contributed by atoms with Crippen molar-refractivity contribution in [3.05, 3.63) is 28.6 Å². The predicted molar refractivity (Wildman–Crippen MR) is 63.9 cm³/mol. The molecule has 0 aliphatic carbocycles. The molecule has 0 aliphatic rings. The van der Waals surface area contributed by atoms with Gasteiger partial charge in [-0.3, -0.25) is 9.78 Å². The first-order valence-corrected chi connectivity index (χ1v) is 5.67. The normalized spacial score (nSPS) is 12.7. The smallest absolute Gasteiger partial charge is 0.217 e. The molecule has 84 valence electrons. The number of fused-ring (bicyclic) bond motifs is 1. The number of carbonyl (C=O) groups excluding carboxylic acids is 1. The van der Waals surface area contributed by atoms with Crippen molar-refractivity contribution in [1.82, 2.24) is 10.3 Å². The SMILES string of the molecule is CC(=O)N[C@@H](C)c1cc2ncc(Br)cc2o1. The first-order chi connectivity index (χ1) is 7.56. The molecule has 5 heteroatoms. The maximum atomic E-state index is 10.9. The number of nitrogens with zero attached hydrogens (tertiary/aromatic N) is 1. The Bertz CT molecular complexity index is 536. The van der Waals surface area contributed by atoms with Crippen LogP contribution < -0.4 is 5.32 Å². The fraction of sp³-hybridized carbons (Fsp3) is 0.273. The van der Waals surface area contributed by atoms with Gasteiger partial charge in [0.25, 0.3) is 0 Å². The number of hydrogen-bond donors (Lipinski definition) is 1. The predicted octanol–water partition coefficient (Wildman–Crippen LogP) is 2.79. The van der Waals surface area contributed by atoms with Crippen LogP contribution in [0.25, 0.3) is 11.1 Å². The monoisotopic (exact) mass is 282 g/mol. The van der Waals surface area contributed by atoms with E-state index in [-0.39, 0.29) is 11.9 Å². The number of carbonyl (C=O) groups is 1. The first-order valence-electron chi connectivity index (χ1n) is 4.88. The van der Waals surface area contributed by atoms with Crippen molar-refractivity contribution in [2.24, 2.45) is 0 Å². The second kappa shape index (κ2) is 4.25. The Morgan fingerprint density at radius 1 is 1.56 bits per heavy atom. The van der Waals surface area contributed by atoms with Crippen molar-refractivity contribution in [3.8, 4) is 0 Å². The van der Waals surface area contributed by atoms with Gasteiger partial charge in [0.05, 0.1) is 6.04 Å². The van der Waals surface area contributed by atoms with Crippen molar-refractivity contribution < 1.29 is 9.21 Å². The maximum absolute atomic E-state index is 10.9. The number of pyridine rings is 1. The summed E-state index contributed by atoms with van der Waals surface area (Å²) >= 11 is 3.33. The molecule has 0 bridgehead atoms. The third-order valence-electron chi connectivity index (χ3n) is 2.20. The van der Waals surface area contributed by atoms with Gasteiger partial charge >= 0.3 is 0 Å². The number of nitrogens with one attached hydrogen (secondary N) is 1. The van der Waals surface area contributed by atoms with Gasteiger partial charge in [-0.15, -0.1) is 0 Å². The largest absolute Gasteiger partial charge is 0.457 e. The second-order valence-corrected chi connectivity index (χ2v) is 4.52. The molecule has 0 fully saturated rings. The van der Waals surface area contributed by atoms with Gasteiger partial charge < -0.3 is 9.73 Å². The van der Waals surface area contributed by atoms with Gasteiger partial charge in [-0.25, -0.2) is 0 Å². The van der Waals surface area contributed by atoms with Crippen molar-refractivity contribution in [1.29, 1.82) is 0 Å². The zero-order chi connectivity index (χ0) is 11.7. The summed E-state index contributed by atoms with van der Waals surface area (Å²) in [6, 6.07) is 3.54. The first kappa shape index (κ1) is 11.1. The highest BCUT2D eigenvalue weighted by Crippen LogP contribution is 2.24. The molecule has 0 saturated heterocycles. The average Bonchev–Trinajstić information content (AvgIpc) is 2.59. The third kappa shape index (κ3) is 2.24. The number of halogens is 1. The summed E-state index contributed by atoms with van der Waals surface area (Å²) < 4.78 is 6.47. The van der Waals surface area contributed by atoms with E-state index in [4.69, 9.17) is 4.42 Å².